The third-order valence-electron chi connectivity index (χ3n) is 8.98. The fourth-order valence-corrected chi connectivity index (χ4v) is 6.79. The van der Waals surface area contributed by atoms with Crippen LogP contribution in [0.1, 0.15) is 24.0 Å². The van der Waals surface area contributed by atoms with Gasteiger partial charge in [0.2, 0.25) is 0 Å². The van der Waals surface area contributed by atoms with Crippen molar-refractivity contribution in [1.29, 1.82) is 0 Å². The summed E-state index contributed by atoms with van der Waals surface area (Å²) in [7, 11) is 0. The number of hydrogen-bond donors (Lipinski definition) is 0. The second-order valence-electron chi connectivity index (χ2n) is 11.9. The molecule has 0 fully saturated rings. The van der Waals surface area contributed by atoms with Crippen LogP contribution in [0.3, 0.4) is 0 Å². The van der Waals surface area contributed by atoms with Crippen LogP contribution in [0.15, 0.2) is 151 Å². The van der Waals surface area contributed by atoms with E-state index < -0.39 is 0 Å². The molecular formula is C42H34N2. The summed E-state index contributed by atoms with van der Waals surface area (Å²) in [6, 6.07) is 46.9. The van der Waals surface area contributed by atoms with Gasteiger partial charge in [-0.2, -0.15) is 0 Å². The van der Waals surface area contributed by atoms with Crippen LogP contribution in [-0.4, -0.2) is 0 Å². The molecule has 44 heavy (non-hydrogen) atoms. The average molecular weight is 567 g/mol. The van der Waals surface area contributed by atoms with Crippen LogP contribution in [0.5, 0.6) is 0 Å². The normalized spacial score (nSPS) is 13.1. The summed E-state index contributed by atoms with van der Waals surface area (Å²) < 4.78 is 0. The van der Waals surface area contributed by atoms with Gasteiger partial charge in [0.1, 0.15) is 0 Å². The minimum atomic E-state index is 1.01. The molecule has 7 aromatic rings. The number of hydrogen-bond acceptors (Lipinski definition) is 2. The first-order chi connectivity index (χ1) is 21.7. The van der Waals surface area contributed by atoms with Gasteiger partial charge in [0.25, 0.3) is 0 Å². The van der Waals surface area contributed by atoms with Crippen molar-refractivity contribution >= 4 is 60.8 Å². The summed E-state index contributed by atoms with van der Waals surface area (Å²) in [5, 5.41) is 7.69. The zero-order chi connectivity index (χ0) is 29.6. The standard InChI is InChI=1S/C42H34N2/c1-29-13-21-35(22-14-29)43(33-9-5-3-6-10-33)39-27-19-31-18-26-38-40(28-20-32-17-25-37(39)41(31)42(32)38)44(34-11-7-4-8-12-34)36-23-15-30(2)16-24-36/h3-7,9-11,13-28H,8,12H2,1-2H3. The summed E-state index contributed by atoms with van der Waals surface area (Å²) in [6.07, 6.45) is 8.80. The molecule has 0 atom stereocenters. The molecular weight excluding hydrogens is 532 g/mol. The maximum Gasteiger partial charge on any atom is 0.0540 e. The van der Waals surface area contributed by atoms with Crippen LogP contribution in [0, 0.1) is 13.8 Å². The quantitative estimate of drug-likeness (QED) is 0.185. The van der Waals surface area contributed by atoms with Crippen LogP contribution < -0.4 is 9.80 Å². The maximum atomic E-state index is 2.47. The highest BCUT2D eigenvalue weighted by Crippen LogP contribution is 2.47. The Morgan fingerprint density at radius 2 is 0.977 bits per heavy atom. The van der Waals surface area contributed by atoms with Gasteiger partial charge < -0.3 is 9.80 Å². The first-order valence-electron chi connectivity index (χ1n) is 15.5. The van der Waals surface area contributed by atoms with E-state index in [1.54, 1.807) is 0 Å². The Kier molecular flexibility index (Phi) is 6.42. The van der Waals surface area contributed by atoms with E-state index in [2.05, 4.69) is 169 Å². The molecule has 0 N–H and O–H groups in total. The van der Waals surface area contributed by atoms with Gasteiger partial charge >= 0.3 is 0 Å². The van der Waals surface area contributed by atoms with Crippen LogP contribution in [0.4, 0.5) is 28.4 Å². The number of nitrogens with zero attached hydrogens (tertiary/aromatic N) is 2. The molecule has 0 spiro atoms. The fourth-order valence-electron chi connectivity index (χ4n) is 6.79. The van der Waals surface area contributed by atoms with E-state index in [0.29, 0.717) is 0 Å². The lowest BCUT2D eigenvalue weighted by atomic mass is 9.91. The topological polar surface area (TPSA) is 6.48 Å². The van der Waals surface area contributed by atoms with E-state index in [0.717, 1.165) is 24.2 Å². The molecule has 0 aliphatic heterocycles. The highest BCUT2D eigenvalue weighted by molar-refractivity contribution is 6.28. The van der Waals surface area contributed by atoms with E-state index in [4.69, 9.17) is 0 Å². The third-order valence-corrected chi connectivity index (χ3v) is 8.98. The predicted molar refractivity (Wildman–Crippen MR) is 189 cm³/mol. The SMILES string of the molecule is Cc1ccc(N(C2=CC=CCC2)c2ccc3ccc4c(N(c5ccccc5)c5ccc(C)cc5)ccc5ccc2c3c54)cc1. The maximum absolute atomic E-state index is 2.47. The molecule has 2 nitrogen and oxygen atoms in total. The Labute approximate surface area is 259 Å². The molecule has 0 saturated carbocycles. The summed E-state index contributed by atoms with van der Waals surface area (Å²) in [6.45, 7) is 4.30. The van der Waals surface area contributed by atoms with Crippen molar-refractivity contribution in [3.63, 3.8) is 0 Å². The molecule has 0 unspecified atom stereocenters. The molecule has 2 heteroatoms. The highest BCUT2D eigenvalue weighted by atomic mass is 15.2. The van der Waals surface area contributed by atoms with Gasteiger partial charge in [-0.15, -0.1) is 0 Å². The van der Waals surface area contributed by atoms with Crippen LogP contribution in [-0.2, 0) is 0 Å². The summed E-state index contributed by atoms with van der Waals surface area (Å²) >= 11 is 0. The predicted octanol–water partition coefficient (Wildman–Crippen LogP) is 12.0. The van der Waals surface area contributed by atoms with Gasteiger partial charge in [0.15, 0.2) is 0 Å². The number of aryl methyl sites for hydroxylation is 2. The lowest BCUT2D eigenvalue weighted by Crippen LogP contribution is -2.17. The number of para-hydroxylation sites is 1. The highest BCUT2D eigenvalue weighted by Gasteiger charge is 2.22. The van der Waals surface area contributed by atoms with Crippen molar-refractivity contribution < 1.29 is 0 Å². The molecule has 0 bridgehead atoms. The van der Waals surface area contributed by atoms with E-state index in [1.165, 1.54) is 66.2 Å². The number of anilines is 5. The first kappa shape index (κ1) is 26.3. The Morgan fingerprint density at radius 1 is 0.477 bits per heavy atom. The van der Waals surface area contributed by atoms with E-state index in [9.17, 15) is 0 Å². The van der Waals surface area contributed by atoms with E-state index in [-0.39, 0.29) is 0 Å². The molecule has 0 heterocycles. The molecule has 0 aromatic heterocycles. The van der Waals surface area contributed by atoms with Crippen molar-refractivity contribution in [2.45, 2.75) is 26.7 Å². The Bertz CT molecular complexity index is 2170. The van der Waals surface area contributed by atoms with Gasteiger partial charge in [0, 0.05) is 33.5 Å². The summed E-state index contributed by atoms with van der Waals surface area (Å²) in [5.74, 6) is 0. The van der Waals surface area contributed by atoms with E-state index in [1.807, 2.05) is 0 Å². The molecule has 1 aliphatic rings. The van der Waals surface area contributed by atoms with Crippen LogP contribution >= 0.6 is 0 Å². The van der Waals surface area contributed by atoms with Crippen molar-refractivity contribution in [2.75, 3.05) is 9.80 Å². The molecule has 1 aliphatic carbocycles. The van der Waals surface area contributed by atoms with Gasteiger partial charge in [-0.1, -0.05) is 102 Å². The number of allylic oxidation sites excluding steroid dienone is 4. The Morgan fingerprint density at radius 3 is 1.52 bits per heavy atom. The number of benzene rings is 7. The van der Waals surface area contributed by atoms with Crippen LogP contribution in [0.2, 0.25) is 0 Å². The van der Waals surface area contributed by atoms with Crippen molar-refractivity contribution in [3.8, 4) is 0 Å². The summed E-state index contributed by atoms with van der Waals surface area (Å²) in [5.41, 5.74) is 9.75. The minimum absolute atomic E-state index is 1.01. The zero-order valence-electron chi connectivity index (χ0n) is 25.2. The molecule has 0 radical (unpaired) electrons. The van der Waals surface area contributed by atoms with E-state index >= 15 is 0 Å². The summed E-state index contributed by atoms with van der Waals surface area (Å²) in [4.78, 5) is 4.86. The van der Waals surface area contributed by atoms with Gasteiger partial charge in [0.05, 0.1) is 11.4 Å². The third kappa shape index (κ3) is 4.42. The second-order valence-corrected chi connectivity index (χ2v) is 11.9. The second kappa shape index (κ2) is 10.7. The average Bonchev–Trinajstić information content (AvgIpc) is 3.07. The zero-order valence-corrected chi connectivity index (χ0v) is 25.2. The lowest BCUT2D eigenvalue weighted by molar-refractivity contribution is 0.919. The fraction of sp³-hybridized carbons (Fsp3) is 0.0952. The van der Waals surface area contributed by atoms with Crippen molar-refractivity contribution in [3.05, 3.63) is 162 Å². The van der Waals surface area contributed by atoms with Gasteiger partial charge in [-0.25, -0.2) is 0 Å². The van der Waals surface area contributed by atoms with Crippen molar-refractivity contribution in [2.24, 2.45) is 0 Å². The first-order valence-corrected chi connectivity index (χ1v) is 15.5. The van der Waals surface area contributed by atoms with Gasteiger partial charge in [-0.05, 0) is 103 Å². The Balaban J connectivity index is 1.40. The smallest absolute Gasteiger partial charge is 0.0540 e. The molecule has 8 rings (SSSR count). The molecule has 212 valence electrons. The van der Waals surface area contributed by atoms with Gasteiger partial charge in [-0.3, -0.25) is 0 Å². The minimum Gasteiger partial charge on any atom is -0.314 e. The monoisotopic (exact) mass is 566 g/mol. The lowest BCUT2D eigenvalue weighted by Gasteiger charge is -2.31. The molecule has 0 saturated heterocycles. The molecule has 0 amide bonds. The molecule has 7 aromatic carbocycles. The Hall–Kier alpha value is -5.34. The van der Waals surface area contributed by atoms with Crippen molar-refractivity contribution in [1.82, 2.24) is 0 Å². The largest absolute Gasteiger partial charge is 0.314 e. The van der Waals surface area contributed by atoms with Crippen LogP contribution in [0.25, 0.3) is 32.3 Å². The number of rotatable bonds is 6.